The first-order valence-electron chi connectivity index (χ1n) is 11.5. The van der Waals surface area contributed by atoms with E-state index < -0.39 is 8.32 Å². The van der Waals surface area contributed by atoms with E-state index in [1.807, 2.05) is 10.7 Å². The smallest absolute Gasteiger partial charge is 0.261 e. The number of benzene rings is 2. The van der Waals surface area contributed by atoms with Crippen molar-refractivity contribution in [1.29, 1.82) is 0 Å². The van der Waals surface area contributed by atoms with Gasteiger partial charge in [0.25, 0.3) is 8.32 Å². The van der Waals surface area contributed by atoms with Gasteiger partial charge in [0, 0.05) is 6.61 Å². The van der Waals surface area contributed by atoms with Gasteiger partial charge in [0.1, 0.15) is 0 Å². The molecule has 170 valence electrons. The molecule has 3 aromatic rings. The Morgan fingerprint density at radius 1 is 1.03 bits per heavy atom. The summed E-state index contributed by atoms with van der Waals surface area (Å²) in [4.78, 5) is 0. The molecular formula is C26H34N2O3Si. The summed E-state index contributed by atoms with van der Waals surface area (Å²) < 4.78 is 14.8. The average molecular weight is 451 g/mol. The molecule has 1 atom stereocenters. The van der Waals surface area contributed by atoms with E-state index in [1.54, 1.807) is 0 Å². The summed E-state index contributed by atoms with van der Waals surface area (Å²) in [5.41, 5.74) is 1.61. The molecule has 0 aliphatic carbocycles. The number of rotatable bonds is 7. The van der Waals surface area contributed by atoms with Crippen molar-refractivity contribution in [3.8, 4) is 0 Å². The van der Waals surface area contributed by atoms with Crippen LogP contribution in [0.4, 0.5) is 0 Å². The summed E-state index contributed by atoms with van der Waals surface area (Å²) in [5.74, 6) is 0. The predicted molar refractivity (Wildman–Crippen MR) is 129 cm³/mol. The van der Waals surface area contributed by atoms with Crippen LogP contribution in [0.3, 0.4) is 0 Å². The zero-order chi connectivity index (χ0) is 22.6. The summed E-state index contributed by atoms with van der Waals surface area (Å²) in [5, 5.41) is 17.1. The number of nitrogens with zero attached hydrogens (tertiary/aromatic N) is 2. The molecule has 1 saturated heterocycles. The first-order valence-corrected chi connectivity index (χ1v) is 13.4. The van der Waals surface area contributed by atoms with E-state index in [4.69, 9.17) is 14.3 Å². The van der Waals surface area contributed by atoms with Gasteiger partial charge in [0.15, 0.2) is 6.23 Å². The lowest BCUT2D eigenvalue weighted by molar-refractivity contribution is -0.0429. The Morgan fingerprint density at radius 3 is 2.16 bits per heavy atom. The first-order chi connectivity index (χ1) is 15.5. The Labute approximate surface area is 192 Å². The number of aromatic nitrogens is 2. The average Bonchev–Trinajstić information content (AvgIpc) is 3.24. The van der Waals surface area contributed by atoms with Crippen LogP contribution in [0, 0.1) is 0 Å². The third kappa shape index (κ3) is 4.46. The summed E-state index contributed by atoms with van der Waals surface area (Å²) >= 11 is 0. The normalized spacial score (nSPS) is 17.4. The molecule has 1 aromatic heterocycles. The SMILES string of the molecule is CC(C)(C)[Si](OCc1cc(CO)n(C2CCCCO2)n1)(c1ccccc1)c1ccccc1. The van der Waals surface area contributed by atoms with Crippen LogP contribution in [0.2, 0.25) is 5.04 Å². The number of ether oxygens (including phenoxy) is 1. The lowest BCUT2D eigenvalue weighted by Crippen LogP contribution is -2.66. The molecule has 1 aliphatic heterocycles. The van der Waals surface area contributed by atoms with E-state index in [0.29, 0.717) is 6.61 Å². The van der Waals surface area contributed by atoms with Crippen molar-refractivity contribution in [2.24, 2.45) is 0 Å². The number of aliphatic hydroxyl groups is 1. The standard InChI is InChI=1S/C26H34N2O3Si/c1-26(2,3)32(23-12-6-4-7-13-23,24-14-8-5-9-15-24)31-20-21-18-22(19-29)28(27-21)25-16-10-11-17-30-25/h4-9,12-15,18,25,29H,10-11,16-17,19-20H2,1-3H3. The van der Waals surface area contributed by atoms with Crippen molar-refractivity contribution < 1.29 is 14.3 Å². The predicted octanol–water partition coefficient (Wildman–Crippen LogP) is 4.15. The van der Waals surface area contributed by atoms with E-state index in [9.17, 15) is 5.11 Å². The Kier molecular flexibility index (Phi) is 6.95. The third-order valence-electron chi connectivity index (χ3n) is 6.31. The van der Waals surface area contributed by atoms with Gasteiger partial charge in [-0.25, -0.2) is 4.68 Å². The van der Waals surface area contributed by atoms with Gasteiger partial charge in [-0.1, -0.05) is 81.4 Å². The molecule has 6 heteroatoms. The van der Waals surface area contributed by atoms with Gasteiger partial charge in [-0.2, -0.15) is 5.10 Å². The quantitative estimate of drug-likeness (QED) is 0.550. The molecule has 0 amide bonds. The van der Waals surface area contributed by atoms with Gasteiger partial charge in [-0.15, -0.1) is 0 Å². The van der Waals surface area contributed by atoms with Gasteiger partial charge in [-0.05, 0) is 40.7 Å². The van der Waals surface area contributed by atoms with Crippen molar-refractivity contribution >= 4 is 18.7 Å². The minimum Gasteiger partial charge on any atom is -0.401 e. The Bertz CT molecular complexity index is 953. The van der Waals surface area contributed by atoms with Crippen molar-refractivity contribution in [2.75, 3.05) is 6.61 Å². The highest BCUT2D eigenvalue weighted by molar-refractivity contribution is 6.99. The van der Waals surface area contributed by atoms with Crippen LogP contribution in [0.1, 0.15) is 57.6 Å². The highest BCUT2D eigenvalue weighted by atomic mass is 28.4. The van der Waals surface area contributed by atoms with Crippen LogP contribution in [0.15, 0.2) is 66.7 Å². The summed E-state index contributed by atoms with van der Waals surface area (Å²) in [7, 11) is -2.63. The van der Waals surface area contributed by atoms with Crippen LogP contribution < -0.4 is 10.4 Å². The summed E-state index contributed by atoms with van der Waals surface area (Å²) in [6, 6.07) is 23.2. The molecule has 1 N–H and O–H groups in total. The maximum atomic E-state index is 9.93. The fourth-order valence-corrected chi connectivity index (χ4v) is 9.31. The molecule has 5 nitrogen and oxygen atoms in total. The third-order valence-corrected chi connectivity index (χ3v) is 11.3. The number of hydrogen-bond donors (Lipinski definition) is 1. The Morgan fingerprint density at radius 2 is 1.66 bits per heavy atom. The van der Waals surface area contributed by atoms with E-state index in [1.165, 1.54) is 10.4 Å². The largest absolute Gasteiger partial charge is 0.401 e. The number of hydrogen-bond acceptors (Lipinski definition) is 4. The molecule has 2 heterocycles. The van der Waals surface area contributed by atoms with Crippen molar-refractivity contribution in [3.63, 3.8) is 0 Å². The van der Waals surface area contributed by atoms with Gasteiger partial charge in [0.05, 0.1) is 24.6 Å². The van der Waals surface area contributed by atoms with E-state index in [2.05, 4.69) is 81.4 Å². The molecule has 32 heavy (non-hydrogen) atoms. The molecule has 0 saturated carbocycles. The second kappa shape index (κ2) is 9.71. The Balaban J connectivity index is 1.71. The molecule has 4 rings (SSSR count). The van der Waals surface area contributed by atoms with Crippen LogP contribution in [0.5, 0.6) is 0 Å². The molecular weight excluding hydrogens is 416 g/mol. The minimum absolute atomic E-state index is 0.0634. The molecule has 0 radical (unpaired) electrons. The fourth-order valence-electron chi connectivity index (χ4n) is 4.79. The van der Waals surface area contributed by atoms with E-state index >= 15 is 0 Å². The Hall–Kier alpha value is -2.25. The van der Waals surface area contributed by atoms with E-state index in [0.717, 1.165) is 37.3 Å². The van der Waals surface area contributed by atoms with Crippen molar-refractivity contribution in [2.45, 2.75) is 64.5 Å². The molecule has 1 fully saturated rings. The van der Waals surface area contributed by atoms with Gasteiger partial charge < -0.3 is 14.3 Å². The fraction of sp³-hybridized carbons (Fsp3) is 0.423. The maximum absolute atomic E-state index is 9.93. The lowest BCUT2D eigenvalue weighted by atomic mass is 10.2. The molecule has 1 unspecified atom stereocenters. The maximum Gasteiger partial charge on any atom is 0.261 e. The van der Waals surface area contributed by atoms with Gasteiger partial charge in [0.2, 0.25) is 0 Å². The number of aliphatic hydroxyl groups excluding tert-OH is 1. The highest BCUT2D eigenvalue weighted by Crippen LogP contribution is 2.37. The van der Waals surface area contributed by atoms with E-state index in [-0.39, 0.29) is 17.9 Å². The summed E-state index contributed by atoms with van der Waals surface area (Å²) in [6.45, 7) is 7.88. The zero-order valence-corrected chi connectivity index (χ0v) is 20.3. The van der Waals surface area contributed by atoms with Gasteiger partial charge >= 0.3 is 0 Å². The lowest BCUT2D eigenvalue weighted by Gasteiger charge is -2.42. The van der Waals surface area contributed by atoms with Crippen LogP contribution in [-0.4, -0.2) is 29.8 Å². The zero-order valence-electron chi connectivity index (χ0n) is 19.3. The molecule has 2 aromatic carbocycles. The highest BCUT2D eigenvalue weighted by Gasteiger charge is 2.50. The molecule has 0 bridgehead atoms. The second-order valence-corrected chi connectivity index (χ2v) is 13.8. The first kappa shape index (κ1) is 22.9. The van der Waals surface area contributed by atoms with Crippen LogP contribution in [-0.2, 0) is 22.4 Å². The minimum atomic E-state index is -2.63. The monoisotopic (exact) mass is 450 g/mol. The van der Waals surface area contributed by atoms with Crippen LogP contribution >= 0.6 is 0 Å². The second-order valence-electron chi connectivity index (χ2n) is 9.50. The van der Waals surface area contributed by atoms with Crippen LogP contribution in [0.25, 0.3) is 0 Å². The molecule has 0 spiro atoms. The molecule has 1 aliphatic rings. The van der Waals surface area contributed by atoms with Crippen molar-refractivity contribution in [3.05, 3.63) is 78.1 Å². The summed E-state index contributed by atoms with van der Waals surface area (Å²) in [6.07, 6.45) is 3.01. The van der Waals surface area contributed by atoms with Crippen molar-refractivity contribution in [1.82, 2.24) is 9.78 Å². The topological polar surface area (TPSA) is 56.5 Å². The van der Waals surface area contributed by atoms with Gasteiger partial charge in [-0.3, -0.25) is 0 Å².